The summed E-state index contributed by atoms with van der Waals surface area (Å²) < 4.78 is 5.60. The van der Waals surface area contributed by atoms with Gasteiger partial charge in [-0.15, -0.1) is 0 Å². The van der Waals surface area contributed by atoms with Crippen LogP contribution in [0.4, 0.5) is 0 Å². The molecule has 2 heterocycles. The number of benzene rings is 1. The van der Waals surface area contributed by atoms with E-state index in [4.69, 9.17) is 4.42 Å². The number of furan rings is 1. The molecule has 1 amide bonds. The van der Waals surface area contributed by atoms with Crippen LogP contribution >= 0.6 is 0 Å². The highest BCUT2D eigenvalue weighted by molar-refractivity contribution is 5.95. The summed E-state index contributed by atoms with van der Waals surface area (Å²) >= 11 is 0. The predicted molar refractivity (Wildman–Crippen MR) is 94.8 cm³/mol. The molecular weight excluding hydrogens is 334 g/mol. The lowest BCUT2D eigenvalue weighted by Gasteiger charge is -2.14. The SMILES string of the molecule is Cc1ccc(-c2ccc(C(=O)N[C@H](C(=O)O)c3c(C)n[nH]c3C)o2)cc1. The number of carboxylic acids is 1. The smallest absolute Gasteiger partial charge is 0.331 e. The lowest BCUT2D eigenvalue weighted by Crippen LogP contribution is -2.34. The van der Waals surface area contributed by atoms with E-state index >= 15 is 0 Å². The maximum Gasteiger partial charge on any atom is 0.331 e. The number of carboxylic acid groups (broad SMARTS) is 1. The number of aryl methyl sites for hydroxylation is 3. The van der Waals surface area contributed by atoms with Crippen LogP contribution < -0.4 is 5.32 Å². The van der Waals surface area contributed by atoms with Gasteiger partial charge in [0.1, 0.15) is 5.76 Å². The molecule has 0 saturated heterocycles. The summed E-state index contributed by atoms with van der Waals surface area (Å²) in [6.07, 6.45) is 0. The third-order valence-electron chi connectivity index (χ3n) is 4.16. The van der Waals surface area contributed by atoms with Crippen LogP contribution in [0.15, 0.2) is 40.8 Å². The Hall–Kier alpha value is -3.35. The number of nitrogens with zero attached hydrogens (tertiary/aromatic N) is 1. The molecule has 0 fully saturated rings. The molecule has 0 unspecified atom stereocenters. The van der Waals surface area contributed by atoms with Crippen molar-refractivity contribution in [1.29, 1.82) is 0 Å². The van der Waals surface area contributed by atoms with Crippen molar-refractivity contribution >= 4 is 11.9 Å². The summed E-state index contributed by atoms with van der Waals surface area (Å²) in [5.41, 5.74) is 3.51. The van der Waals surface area contributed by atoms with Crippen molar-refractivity contribution in [2.75, 3.05) is 0 Å². The summed E-state index contributed by atoms with van der Waals surface area (Å²) in [7, 11) is 0. The normalized spacial score (nSPS) is 12.0. The molecule has 1 aromatic carbocycles. The molecule has 3 aromatic rings. The second-order valence-corrected chi connectivity index (χ2v) is 6.12. The first kappa shape index (κ1) is 17.5. The van der Waals surface area contributed by atoms with E-state index in [1.165, 1.54) is 6.07 Å². The van der Waals surface area contributed by atoms with Crippen molar-refractivity contribution in [3.8, 4) is 11.3 Å². The number of aromatic amines is 1. The zero-order valence-corrected chi connectivity index (χ0v) is 14.7. The van der Waals surface area contributed by atoms with Gasteiger partial charge in [-0.2, -0.15) is 5.10 Å². The number of rotatable bonds is 5. The first-order valence-electron chi connectivity index (χ1n) is 8.09. The average molecular weight is 353 g/mol. The van der Waals surface area contributed by atoms with E-state index in [-0.39, 0.29) is 5.76 Å². The van der Waals surface area contributed by atoms with Gasteiger partial charge in [0.2, 0.25) is 0 Å². The Morgan fingerprint density at radius 1 is 1.12 bits per heavy atom. The molecule has 2 aromatic heterocycles. The highest BCUT2D eigenvalue weighted by atomic mass is 16.4. The average Bonchev–Trinajstić information content (AvgIpc) is 3.21. The second-order valence-electron chi connectivity index (χ2n) is 6.12. The van der Waals surface area contributed by atoms with E-state index in [2.05, 4.69) is 15.5 Å². The molecular formula is C19H19N3O4. The van der Waals surface area contributed by atoms with Crippen molar-refractivity contribution in [3.05, 3.63) is 64.7 Å². The summed E-state index contributed by atoms with van der Waals surface area (Å²) in [4.78, 5) is 24.1. The number of H-pyrrole nitrogens is 1. The Kier molecular flexibility index (Phi) is 4.62. The maximum absolute atomic E-state index is 12.5. The molecule has 7 nitrogen and oxygen atoms in total. The standard InChI is InChI=1S/C19H19N3O4/c1-10-4-6-13(7-5-10)14-8-9-15(26-14)18(23)20-17(19(24)25)16-11(2)21-22-12(16)3/h4-9,17H,1-3H3,(H,20,23)(H,21,22)(H,24,25)/t17-/m0/s1. The van der Waals surface area contributed by atoms with Gasteiger partial charge in [0.15, 0.2) is 11.8 Å². The number of nitrogens with one attached hydrogen (secondary N) is 2. The third-order valence-corrected chi connectivity index (χ3v) is 4.16. The van der Waals surface area contributed by atoms with Crippen LogP contribution in [-0.4, -0.2) is 27.2 Å². The Morgan fingerprint density at radius 2 is 1.81 bits per heavy atom. The van der Waals surface area contributed by atoms with Crippen LogP contribution in [0.5, 0.6) is 0 Å². The van der Waals surface area contributed by atoms with Gasteiger partial charge in [-0.1, -0.05) is 29.8 Å². The van der Waals surface area contributed by atoms with Gasteiger partial charge < -0.3 is 14.8 Å². The van der Waals surface area contributed by atoms with Crippen molar-refractivity contribution in [1.82, 2.24) is 15.5 Å². The minimum absolute atomic E-state index is 0.0469. The summed E-state index contributed by atoms with van der Waals surface area (Å²) in [5, 5.41) is 18.7. The maximum atomic E-state index is 12.5. The minimum atomic E-state index is -1.21. The second kappa shape index (κ2) is 6.87. The van der Waals surface area contributed by atoms with Crippen molar-refractivity contribution in [2.24, 2.45) is 0 Å². The lowest BCUT2D eigenvalue weighted by molar-refractivity contribution is -0.139. The summed E-state index contributed by atoms with van der Waals surface area (Å²) in [6, 6.07) is 9.68. The van der Waals surface area contributed by atoms with Crippen LogP contribution in [-0.2, 0) is 4.79 Å². The predicted octanol–water partition coefficient (Wildman–Crippen LogP) is 3.15. The molecule has 3 N–H and O–H groups in total. The third kappa shape index (κ3) is 3.37. The molecule has 0 bridgehead atoms. The fourth-order valence-corrected chi connectivity index (χ4v) is 2.78. The van der Waals surface area contributed by atoms with E-state index in [9.17, 15) is 14.7 Å². The highest BCUT2D eigenvalue weighted by Gasteiger charge is 2.28. The number of hydrogen-bond acceptors (Lipinski definition) is 4. The number of aromatic nitrogens is 2. The zero-order chi connectivity index (χ0) is 18.8. The van der Waals surface area contributed by atoms with E-state index in [0.717, 1.165) is 11.1 Å². The summed E-state index contributed by atoms with van der Waals surface area (Å²) in [6.45, 7) is 5.37. The minimum Gasteiger partial charge on any atom is -0.479 e. The first-order valence-corrected chi connectivity index (χ1v) is 8.09. The fourth-order valence-electron chi connectivity index (χ4n) is 2.78. The van der Waals surface area contributed by atoms with Crippen LogP contribution in [0.1, 0.15) is 39.1 Å². The summed E-state index contributed by atoms with van der Waals surface area (Å²) in [5.74, 6) is -1.18. The Labute approximate surface area is 150 Å². The molecule has 0 aliphatic rings. The molecule has 0 saturated carbocycles. The van der Waals surface area contributed by atoms with Gasteiger partial charge in [-0.3, -0.25) is 9.89 Å². The Morgan fingerprint density at radius 3 is 2.38 bits per heavy atom. The number of aliphatic carboxylic acids is 1. The number of carbonyl (C=O) groups excluding carboxylic acids is 1. The highest BCUT2D eigenvalue weighted by Crippen LogP contribution is 2.24. The first-order chi connectivity index (χ1) is 12.4. The van der Waals surface area contributed by atoms with Gasteiger partial charge in [0.25, 0.3) is 5.91 Å². The molecule has 3 rings (SSSR count). The van der Waals surface area contributed by atoms with Gasteiger partial charge in [0, 0.05) is 16.8 Å². The molecule has 0 aliphatic heterocycles. The van der Waals surface area contributed by atoms with Gasteiger partial charge in [-0.05, 0) is 32.9 Å². The lowest BCUT2D eigenvalue weighted by atomic mass is 10.0. The molecule has 26 heavy (non-hydrogen) atoms. The van der Waals surface area contributed by atoms with Crippen LogP contribution in [0, 0.1) is 20.8 Å². The number of amides is 1. The Bertz CT molecular complexity index is 934. The molecule has 0 radical (unpaired) electrons. The van der Waals surface area contributed by atoms with Gasteiger partial charge >= 0.3 is 5.97 Å². The molecule has 7 heteroatoms. The van der Waals surface area contributed by atoms with E-state index < -0.39 is 17.9 Å². The molecule has 1 atom stereocenters. The number of carbonyl (C=O) groups is 2. The van der Waals surface area contributed by atoms with E-state index in [1.807, 2.05) is 31.2 Å². The largest absolute Gasteiger partial charge is 0.479 e. The molecule has 0 spiro atoms. The fraction of sp³-hybridized carbons (Fsp3) is 0.211. The Balaban J connectivity index is 1.83. The van der Waals surface area contributed by atoms with Crippen molar-refractivity contribution < 1.29 is 19.1 Å². The monoisotopic (exact) mass is 353 g/mol. The van der Waals surface area contributed by atoms with Gasteiger partial charge in [-0.25, -0.2) is 4.79 Å². The van der Waals surface area contributed by atoms with Crippen molar-refractivity contribution in [3.63, 3.8) is 0 Å². The van der Waals surface area contributed by atoms with Gasteiger partial charge in [0.05, 0.1) is 5.69 Å². The van der Waals surface area contributed by atoms with Crippen molar-refractivity contribution in [2.45, 2.75) is 26.8 Å². The van der Waals surface area contributed by atoms with E-state index in [0.29, 0.717) is 22.7 Å². The molecule has 0 aliphatic carbocycles. The zero-order valence-electron chi connectivity index (χ0n) is 14.7. The van der Waals surface area contributed by atoms with Crippen LogP contribution in [0.3, 0.4) is 0 Å². The quantitative estimate of drug-likeness (QED) is 0.653. The van der Waals surface area contributed by atoms with Crippen LogP contribution in [0.25, 0.3) is 11.3 Å². The topological polar surface area (TPSA) is 108 Å². The molecule has 134 valence electrons. The van der Waals surface area contributed by atoms with Crippen LogP contribution in [0.2, 0.25) is 0 Å². The van der Waals surface area contributed by atoms with E-state index in [1.54, 1.807) is 19.9 Å². The number of hydrogen-bond donors (Lipinski definition) is 3.